The van der Waals surface area contributed by atoms with Gasteiger partial charge in [0, 0.05) is 18.0 Å². The molecule has 1 unspecified atom stereocenters. The second-order valence-corrected chi connectivity index (χ2v) is 3.11. The molecule has 1 amide bonds. The summed E-state index contributed by atoms with van der Waals surface area (Å²) in [5.41, 5.74) is 0. The first-order valence-corrected chi connectivity index (χ1v) is 5.29. The van der Waals surface area contributed by atoms with Crippen molar-refractivity contribution in [3.05, 3.63) is 0 Å². The van der Waals surface area contributed by atoms with Gasteiger partial charge in [-0.2, -0.15) is 0 Å². The van der Waals surface area contributed by atoms with Gasteiger partial charge in [0.1, 0.15) is 6.61 Å². The average molecular weight is 238 g/mol. The number of carbonyl (C=O) groups is 1. The molecule has 0 aliphatic carbocycles. The molecule has 0 bridgehead atoms. The van der Waals surface area contributed by atoms with Crippen molar-refractivity contribution < 1.29 is 9.53 Å². The lowest BCUT2D eigenvalue weighted by Gasteiger charge is -2.13. The van der Waals surface area contributed by atoms with Gasteiger partial charge >= 0.3 is 0 Å². The molecule has 0 rings (SSSR count). The highest BCUT2D eigenvalue weighted by molar-refractivity contribution is 9.09. The number of carbonyl (C=O) groups excluding carboxylic acids is 1. The summed E-state index contributed by atoms with van der Waals surface area (Å²) in [6.07, 6.45) is 0.934. The Morgan fingerprint density at radius 3 is 2.67 bits per heavy atom. The molecule has 1 atom stereocenters. The van der Waals surface area contributed by atoms with Crippen molar-refractivity contribution in [3.8, 4) is 0 Å². The Kier molecular flexibility index (Phi) is 7.50. The van der Waals surface area contributed by atoms with E-state index in [1.165, 1.54) is 0 Å². The lowest BCUT2D eigenvalue weighted by atomic mass is 10.2. The zero-order valence-corrected chi connectivity index (χ0v) is 9.19. The predicted molar refractivity (Wildman–Crippen MR) is 52.5 cm³/mol. The van der Waals surface area contributed by atoms with Crippen molar-refractivity contribution in [1.82, 2.24) is 5.32 Å². The van der Waals surface area contributed by atoms with Crippen LogP contribution < -0.4 is 5.32 Å². The van der Waals surface area contributed by atoms with E-state index in [1.54, 1.807) is 0 Å². The first-order valence-electron chi connectivity index (χ1n) is 4.17. The van der Waals surface area contributed by atoms with Gasteiger partial charge < -0.3 is 10.1 Å². The molecule has 0 saturated carbocycles. The van der Waals surface area contributed by atoms with Crippen LogP contribution in [-0.2, 0) is 9.53 Å². The van der Waals surface area contributed by atoms with Gasteiger partial charge in [-0.25, -0.2) is 0 Å². The van der Waals surface area contributed by atoms with Gasteiger partial charge in [0.25, 0.3) is 0 Å². The van der Waals surface area contributed by atoms with Gasteiger partial charge in [0.15, 0.2) is 0 Å². The molecule has 1 N–H and O–H groups in total. The van der Waals surface area contributed by atoms with Gasteiger partial charge in [0.05, 0.1) is 0 Å². The minimum atomic E-state index is -0.0387. The summed E-state index contributed by atoms with van der Waals surface area (Å²) in [6, 6.07) is 0.220. The number of ether oxygens (including phenoxy) is 1. The minimum Gasteiger partial charge on any atom is -0.372 e. The van der Waals surface area contributed by atoms with Crippen LogP contribution in [0.3, 0.4) is 0 Å². The number of rotatable bonds is 6. The van der Waals surface area contributed by atoms with Crippen LogP contribution >= 0.6 is 15.9 Å². The number of hydrogen-bond acceptors (Lipinski definition) is 2. The number of nitrogens with one attached hydrogen (secondary N) is 1. The number of hydrogen-bond donors (Lipinski definition) is 1. The Labute approximate surface area is 82.0 Å². The van der Waals surface area contributed by atoms with Crippen LogP contribution in [0.4, 0.5) is 0 Å². The van der Waals surface area contributed by atoms with E-state index in [9.17, 15) is 4.79 Å². The van der Waals surface area contributed by atoms with E-state index in [0.29, 0.717) is 6.61 Å². The molecule has 0 aromatic rings. The van der Waals surface area contributed by atoms with Gasteiger partial charge in [0.2, 0.25) is 5.91 Å². The lowest BCUT2D eigenvalue weighted by Crippen LogP contribution is -2.37. The SMILES string of the molecule is CCOCC(=O)NC(CC)CBr. The molecular weight excluding hydrogens is 222 g/mol. The second-order valence-electron chi connectivity index (χ2n) is 2.46. The summed E-state index contributed by atoms with van der Waals surface area (Å²) in [6.45, 7) is 4.65. The van der Waals surface area contributed by atoms with Crippen LogP contribution in [-0.4, -0.2) is 30.5 Å². The Bertz CT molecular complexity index is 126. The molecule has 0 fully saturated rings. The van der Waals surface area contributed by atoms with Crippen molar-refractivity contribution in [2.45, 2.75) is 26.3 Å². The molecule has 12 heavy (non-hydrogen) atoms. The van der Waals surface area contributed by atoms with E-state index in [-0.39, 0.29) is 18.6 Å². The molecule has 3 nitrogen and oxygen atoms in total. The Morgan fingerprint density at radius 2 is 2.25 bits per heavy atom. The maximum absolute atomic E-state index is 11.1. The Hall–Kier alpha value is -0.0900. The third-order valence-electron chi connectivity index (χ3n) is 1.48. The third-order valence-corrected chi connectivity index (χ3v) is 2.26. The summed E-state index contributed by atoms with van der Waals surface area (Å²) < 4.78 is 4.96. The molecule has 4 heteroatoms. The fourth-order valence-electron chi connectivity index (χ4n) is 0.714. The highest BCUT2D eigenvalue weighted by atomic mass is 79.9. The van der Waals surface area contributed by atoms with Crippen LogP contribution in [0.5, 0.6) is 0 Å². The van der Waals surface area contributed by atoms with Crippen molar-refractivity contribution in [2.24, 2.45) is 0 Å². The van der Waals surface area contributed by atoms with Gasteiger partial charge in [-0.05, 0) is 13.3 Å². The summed E-state index contributed by atoms with van der Waals surface area (Å²) in [5.74, 6) is -0.0387. The maximum Gasteiger partial charge on any atom is 0.246 e. The van der Waals surface area contributed by atoms with Crippen molar-refractivity contribution in [1.29, 1.82) is 0 Å². The molecule has 0 aliphatic heterocycles. The van der Waals surface area contributed by atoms with E-state index in [2.05, 4.69) is 21.2 Å². The quantitative estimate of drug-likeness (QED) is 0.708. The molecule has 0 radical (unpaired) electrons. The monoisotopic (exact) mass is 237 g/mol. The summed E-state index contributed by atoms with van der Waals surface area (Å²) >= 11 is 3.32. The summed E-state index contributed by atoms with van der Waals surface area (Å²) in [5, 5.41) is 3.63. The van der Waals surface area contributed by atoms with Crippen LogP contribution in [0.1, 0.15) is 20.3 Å². The summed E-state index contributed by atoms with van der Waals surface area (Å²) in [4.78, 5) is 11.1. The molecule has 0 saturated heterocycles. The first kappa shape index (κ1) is 11.9. The molecular formula is C8H16BrNO2. The van der Waals surface area contributed by atoms with Crippen molar-refractivity contribution in [2.75, 3.05) is 18.5 Å². The Morgan fingerprint density at radius 1 is 1.58 bits per heavy atom. The van der Waals surface area contributed by atoms with E-state index < -0.39 is 0 Å². The van der Waals surface area contributed by atoms with E-state index in [4.69, 9.17) is 4.74 Å². The molecule has 0 spiro atoms. The maximum atomic E-state index is 11.1. The van der Waals surface area contributed by atoms with Crippen molar-refractivity contribution in [3.63, 3.8) is 0 Å². The number of halogens is 1. The third kappa shape index (κ3) is 5.55. The molecule has 72 valence electrons. The van der Waals surface area contributed by atoms with Gasteiger partial charge in [-0.3, -0.25) is 4.79 Å². The topological polar surface area (TPSA) is 38.3 Å². The average Bonchev–Trinajstić information content (AvgIpc) is 2.10. The zero-order valence-electron chi connectivity index (χ0n) is 7.60. The van der Waals surface area contributed by atoms with Crippen LogP contribution in [0.2, 0.25) is 0 Å². The highest BCUT2D eigenvalue weighted by Gasteiger charge is 2.07. The number of amides is 1. The second kappa shape index (κ2) is 7.55. The zero-order chi connectivity index (χ0) is 9.40. The normalized spacial score (nSPS) is 12.6. The van der Waals surface area contributed by atoms with Crippen LogP contribution in [0.25, 0.3) is 0 Å². The lowest BCUT2D eigenvalue weighted by molar-refractivity contribution is -0.126. The number of alkyl halides is 1. The summed E-state index contributed by atoms with van der Waals surface area (Å²) in [7, 11) is 0. The van der Waals surface area contributed by atoms with Gasteiger partial charge in [-0.15, -0.1) is 0 Å². The van der Waals surface area contributed by atoms with E-state index in [1.807, 2.05) is 13.8 Å². The smallest absolute Gasteiger partial charge is 0.246 e. The molecule has 0 aromatic heterocycles. The van der Waals surface area contributed by atoms with Crippen molar-refractivity contribution >= 4 is 21.8 Å². The molecule has 0 heterocycles. The van der Waals surface area contributed by atoms with Crippen LogP contribution in [0, 0.1) is 0 Å². The van der Waals surface area contributed by atoms with E-state index >= 15 is 0 Å². The van der Waals surface area contributed by atoms with E-state index in [0.717, 1.165) is 11.8 Å². The Balaban J connectivity index is 3.52. The fourth-order valence-corrected chi connectivity index (χ4v) is 1.33. The first-order chi connectivity index (χ1) is 5.74. The standard InChI is InChI=1S/C8H16BrNO2/c1-3-7(5-9)10-8(11)6-12-4-2/h7H,3-6H2,1-2H3,(H,10,11). The molecule has 0 aromatic carbocycles. The molecule has 0 aliphatic rings. The highest BCUT2D eigenvalue weighted by Crippen LogP contribution is 1.95. The van der Waals surface area contributed by atoms with Crippen LogP contribution in [0.15, 0.2) is 0 Å². The minimum absolute atomic E-state index is 0.0387. The predicted octanol–water partition coefficient (Wildman–Crippen LogP) is 1.31. The van der Waals surface area contributed by atoms with Gasteiger partial charge in [-0.1, -0.05) is 22.9 Å². The fraction of sp³-hybridized carbons (Fsp3) is 0.875. The largest absolute Gasteiger partial charge is 0.372 e.